The predicted molar refractivity (Wildman–Crippen MR) is 79.8 cm³/mol. The summed E-state index contributed by atoms with van der Waals surface area (Å²) in [4.78, 5) is 16.3. The van der Waals surface area contributed by atoms with Gasteiger partial charge in [-0.15, -0.1) is 0 Å². The highest BCUT2D eigenvalue weighted by atomic mass is 16.2. The Kier molecular flexibility index (Phi) is 3.12. The molecule has 6 nitrogen and oxygen atoms in total. The van der Waals surface area contributed by atoms with Gasteiger partial charge in [-0.1, -0.05) is 18.2 Å². The van der Waals surface area contributed by atoms with Gasteiger partial charge in [-0.3, -0.25) is 9.78 Å². The van der Waals surface area contributed by atoms with Crippen LogP contribution in [0.4, 0.5) is 11.4 Å². The van der Waals surface area contributed by atoms with Crippen LogP contribution in [-0.2, 0) is 4.79 Å². The number of aliphatic hydroxyl groups is 1. The molecule has 1 amide bonds. The molecule has 0 atom stereocenters. The Morgan fingerprint density at radius 3 is 2.62 bits per heavy atom. The van der Waals surface area contributed by atoms with Crippen LogP contribution in [0.1, 0.15) is 5.56 Å². The number of rotatable bonds is 2. The summed E-state index contributed by atoms with van der Waals surface area (Å²) in [6.45, 7) is 0. The number of nitrogens with two attached hydrogens (primary N) is 1. The number of hydrogen-bond donors (Lipinski definition) is 2. The lowest BCUT2D eigenvalue weighted by molar-refractivity contribution is -0.114. The van der Waals surface area contributed by atoms with E-state index in [1.807, 2.05) is 6.07 Å². The number of carbonyl (C=O) groups excluding carboxylic acids is 1. The third kappa shape index (κ3) is 2.12. The van der Waals surface area contributed by atoms with E-state index >= 15 is 0 Å². The monoisotopic (exact) mass is 280 g/mol. The molecule has 1 aromatic carbocycles. The van der Waals surface area contributed by atoms with E-state index in [0.29, 0.717) is 22.6 Å². The molecule has 1 aromatic heterocycles. The fraction of sp³-hybridized carbons (Fsp3) is 0. The number of aliphatic hydroxyl groups excluding tert-OH is 1. The van der Waals surface area contributed by atoms with Crippen LogP contribution in [0.5, 0.6) is 0 Å². The first kappa shape index (κ1) is 12.9. The molecule has 3 rings (SSSR count). The van der Waals surface area contributed by atoms with Gasteiger partial charge in [0, 0.05) is 23.6 Å². The van der Waals surface area contributed by atoms with Crippen molar-refractivity contribution < 1.29 is 9.90 Å². The largest absolute Gasteiger partial charge is 0.515 e. The van der Waals surface area contributed by atoms with Crippen LogP contribution in [-0.4, -0.2) is 21.7 Å². The van der Waals surface area contributed by atoms with Gasteiger partial charge < -0.3 is 10.8 Å². The van der Waals surface area contributed by atoms with Crippen molar-refractivity contribution in [2.24, 2.45) is 5.10 Å². The second kappa shape index (κ2) is 5.09. The standard InChI is InChI=1S/C15H12N4O2/c16-13-6-7-17-8-11(13)14-12(9-20)15(21)19(18-14)10-4-2-1-3-5-10/h1-9,20H,(H2,16,17). The Bertz CT molecular complexity index is 753. The van der Waals surface area contributed by atoms with Gasteiger partial charge >= 0.3 is 0 Å². The molecule has 1 aliphatic heterocycles. The number of aromatic nitrogens is 1. The number of hydrazone groups is 1. The SMILES string of the molecule is Nc1ccncc1C1=NN(c2ccccc2)C(=O)C1=CO. The first-order valence-corrected chi connectivity index (χ1v) is 6.25. The molecule has 21 heavy (non-hydrogen) atoms. The van der Waals surface area contributed by atoms with Crippen molar-refractivity contribution in [1.29, 1.82) is 0 Å². The Morgan fingerprint density at radius 1 is 1.19 bits per heavy atom. The Balaban J connectivity index is 2.11. The maximum absolute atomic E-state index is 12.4. The van der Waals surface area contributed by atoms with Crippen molar-refractivity contribution >= 4 is 23.0 Å². The molecule has 0 radical (unpaired) electrons. The number of pyridine rings is 1. The van der Waals surface area contributed by atoms with E-state index in [1.165, 1.54) is 11.2 Å². The molecule has 0 unspecified atom stereocenters. The molecule has 0 aliphatic carbocycles. The van der Waals surface area contributed by atoms with Crippen LogP contribution in [0, 0.1) is 0 Å². The summed E-state index contributed by atoms with van der Waals surface area (Å²) < 4.78 is 0. The number of amides is 1. The number of benzene rings is 1. The predicted octanol–water partition coefficient (Wildman–Crippen LogP) is 1.86. The highest BCUT2D eigenvalue weighted by Crippen LogP contribution is 2.27. The van der Waals surface area contributed by atoms with Crippen molar-refractivity contribution in [2.75, 3.05) is 10.7 Å². The second-order valence-electron chi connectivity index (χ2n) is 4.41. The molecule has 0 fully saturated rings. The van der Waals surface area contributed by atoms with Crippen molar-refractivity contribution in [3.05, 3.63) is 66.2 Å². The molecule has 1 aliphatic rings. The first-order valence-electron chi connectivity index (χ1n) is 6.25. The molecule has 3 N–H and O–H groups in total. The number of carbonyl (C=O) groups is 1. The molecule has 0 saturated carbocycles. The van der Waals surface area contributed by atoms with Crippen molar-refractivity contribution in [3.8, 4) is 0 Å². The van der Waals surface area contributed by atoms with Crippen LogP contribution in [0.3, 0.4) is 0 Å². The average Bonchev–Trinajstić information content (AvgIpc) is 2.85. The number of nitrogen functional groups attached to an aromatic ring is 1. The number of nitrogens with zero attached hydrogens (tertiary/aromatic N) is 3. The summed E-state index contributed by atoms with van der Waals surface area (Å²) in [5.74, 6) is -0.415. The molecular formula is C15H12N4O2. The average molecular weight is 280 g/mol. The lowest BCUT2D eigenvalue weighted by Crippen LogP contribution is -2.21. The van der Waals surface area contributed by atoms with E-state index in [2.05, 4.69) is 10.1 Å². The molecule has 0 saturated heterocycles. The molecule has 2 heterocycles. The van der Waals surface area contributed by atoms with E-state index in [0.717, 1.165) is 6.26 Å². The third-order valence-corrected chi connectivity index (χ3v) is 3.12. The summed E-state index contributed by atoms with van der Waals surface area (Å²) in [6, 6.07) is 10.6. The van der Waals surface area contributed by atoms with Crippen LogP contribution < -0.4 is 10.7 Å². The fourth-order valence-corrected chi connectivity index (χ4v) is 2.08. The summed E-state index contributed by atoms with van der Waals surface area (Å²) in [5, 5.41) is 14.9. The van der Waals surface area contributed by atoms with Crippen LogP contribution >= 0.6 is 0 Å². The zero-order valence-corrected chi connectivity index (χ0v) is 11.0. The molecule has 104 valence electrons. The molecule has 0 bridgehead atoms. The van der Waals surface area contributed by atoms with Gasteiger partial charge in [-0.2, -0.15) is 10.1 Å². The van der Waals surface area contributed by atoms with E-state index in [9.17, 15) is 9.90 Å². The lowest BCUT2D eigenvalue weighted by atomic mass is 10.0. The van der Waals surface area contributed by atoms with Crippen LogP contribution in [0.15, 0.2) is 65.7 Å². The van der Waals surface area contributed by atoms with Crippen molar-refractivity contribution in [1.82, 2.24) is 4.98 Å². The lowest BCUT2D eigenvalue weighted by Gasteiger charge is -2.10. The van der Waals surface area contributed by atoms with Gasteiger partial charge in [-0.25, -0.2) is 0 Å². The molecule has 2 aromatic rings. The van der Waals surface area contributed by atoms with Crippen LogP contribution in [0.25, 0.3) is 0 Å². The maximum atomic E-state index is 12.4. The van der Waals surface area contributed by atoms with Gasteiger partial charge in [0.05, 0.1) is 11.9 Å². The maximum Gasteiger partial charge on any atom is 0.284 e. The van der Waals surface area contributed by atoms with Gasteiger partial charge in [-0.05, 0) is 18.2 Å². The molecule has 0 spiro atoms. The number of hydrogen-bond acceptors (Lipinski definition) is 5. The van der Waals surface area contributed by atoms with Gasteiger partial charge in [0.1, 0.15) is 11.3 Å². The Hall–Kier alpha value is -3.15. The second-order valence-corrected chi connectivity index (χ2v) is 4.41. The Morgan fingerprint density at radius 2 is 1.95 bits per heavy atom. The number of para-hydroxylation sites is 1. The highest BCUT2D eigenvalue weighted by molar-refractivity contribution is 6.36. The summed E-state index contributed by atoms with van der Waals surface area (Å²) in [5.41, 5.74) is 7.82. The zero-order valence-electron chi connectivity index (χ0n) is 11.0. The summed E-state index contributed by atoms with van der Waals surface area (Å²) in [7, 11) is 0. The minimum absolute atomic E-state index is 0.0820. The fourth-order valence-electron chi connectivity index (χ4n) is 2.08. The molecular weight excluding hydrogens is 268 g/mol. The van der Waals surface area contributed by atoms with E-state index in [4.69, 9.17) is 5.73 Å². The third-order valence-electron chi connectivity index (χ3n) is 3.12. The van der Waals surface area contributed by atoms with Gasteiger partial charge in [0.15, 0.2) is 0 Å². The first-order chi connectivity index (χ1) is 10.2. The van der Waals surface area contributed by atoms with E-state index < -0.39 is 5.91 Å². The van der Waals surface area contributed by atoms with Crippen LogP contribution in [0.2, 0.25) is 0 Å². The minimum atomic E-state index is -0.415. The van der Waals surface area contributed by atoms with Gasteiger partial charge in [0.2, 0.25) is 0 Å². The minimum Gasteiger partial charge on any atom is -0.515 e. The van der Waals surface area contributed by atoms with E-state index in [1.54, 1.807) is 36.5 Å². The zero-order chi connectivity index (χ0) is 14.8. The van der Waals surface area contributed by atoms with Gasteiger partial charge in [0.25, 0.3) is 5.91 Å². The van der Waals surface area contributed by atoms with E-state index in [-0.39, 0.29) is 5.57 Å². The quantitative estimate of drug-likeness (QED) is 0.648. The smallest absolute Gasteiger partial charge is 0.284 e. The summed E-state index contributed by atoms with van der Waals surface area (Å²) in [6.07, 6.45) is 3.81. The molecule has 6 heteroatoms. The Labute approximate surface area is 120 Å². The summed E-state index contributed by atoms with van der Waals surface area (Å²) >= 11 is 0. The number of anilines is 2. The normalized spacial score (nSPS) is 16.4. The topological polar surface area (TPSA) is 91.8 Å². The van der Waals surface area contributed by atoms with Crippen molar-refractivity contribution in [3.63, 3.8) is 0 Å². The highest BCUT2D eigenvalue weighted by Gasteiger charge is 2.33. The van der Waals surface area contributed by atoms with Crippen molar-refractivity contribution in [2.45, 2.75) is 0 Å².